The van der Waals surface area contributed by atoms with Gasteiger partial charge in [-0.1, -0.05) is 0 Å². The van der Waals surface area contributed by atoms with Crippen molar-refractivity contribution in [1.29, 1.82) is 0 Å². The standard InChI is InChI=1S/C12H15FO3S/c1-8-5-10(13)9(7-12(14)3-4-12)6-11(8)17(2,15)16/h5-6,14H,3-4,7H2,1-2H3. The van der Waals surface area contributed by atoms with Crippen molar-refractivity contribution in [2.45, 2.75) is 36.7 Å². The molecule has 1 aliphatic carbocycles. The molecule has 1 aromatic carbocycles. The third-order valence-corrected chi connectivity index (χ3v) is 4.33. The molecule has 1 fully saturated rings. The Morgan fingerprint density at radius 1 is 1.41 bits per heavy atom. The second-order valence-electron chi connectivity index (χ2n) is 4.88. The fourth-order valence-electron chi connectivity index (χ4n) is 1.91. The second kappa shape index (κ2) is 3.78. The van der Waals surface area contributed by atoms with Crippen LogP contribution in [0.5, 0.6) is 0 Å². The summed E-state index contributed by atoms with van der Waals surface area (Å²) in [5.74, 6) is -0.449. The number of hydrogen-bond acceptors (Lipinski definition) is 3. The number of rotatable bonds is 3. The molecule has 0 aliphatic heterocycles. The van der Waals surface area contributed by atoms with Gasteiger partial charge >= 0.3 is 0 Å². The van der Waals surface area contributed by atoms with E-state index < -0.39 is 21.3 Å². The average Bonchev–Trinajstić information content (AvgIpc) is 2.87. The summed E-state index contributed by atoms with van der Waals surface area (Å²) < 4.78 is 36.7. The lowest BCUT2D eigenvalue weighted by Gasteiger charge is -2.12. The van der Waals surface area contributed by atoms with Gasteiger partial charge in [0.1, 0.15) is 5.82 Å². The third-order valence-electron chi connectivity index (χ3n) is 3.09. The molecule has 0 spiro atoms. The van der Waals surface area contributed by atoms with Crippen molar-refractivity contribution in [3.05, 3.63) is 29.1 Å². The predicted octanol–water partition coefficient (Wildman–Crippen LogP) is 1.61. The lowest BCUT2D eigenvalue weighted by Crippen LogP contribution is -2.13. The monoisotopic (exact) mass is 258 g/mol. The molecular weight excluding hydrogens is 243 g/mol. The molecular formula is C12H15FO3S. The zero-order valence-electron chi connectivity index (χ0n) is 9.83. The Hall–Kier alpha value is -0.940. The largest absolute Gasteiger partial charge is 0.390 e. The van der Waals surface area contributed by atoms with Gasteiger partial charge in [-0.25, -0.2) is 12.8 Å². The van der Waals surface area contributed by atoms with Crippen LogP contribution in [0.2, 0.25) is 0 Å². The highest BCUT2D eigenvalue weighted by Crippen LogP contribution is 2.39. The molecule has 3 nitrogen and oxygen atoms in total. The van der Waals surface area contributed by atoms with E-state index in [4.69, 9.17) is 0 Å². The first kappa shape index (κ1) is 12.5. The van der Waals surface area contributed by atoms with Crippen LogP contribution in [0.15, 0.2) is 17.0 Å². The third kappa shape index (κ3) is 2.66. The minimum absolute atomic E-state index is 0.137. The highest BCUT2D eigenvalue weighted by Gasteiger charge is 2.41. The molecule has 1 N–H and O–H groups in total. The van der Waals surface area contributed by atoms with E-state index >= 15 is 0 Å². The lowest BCUT2D eigenvalue weighted by atomic mass is 10.0. The maximum absolute atomic E-state index is 13.7. The molecule has 5 heteroatoms. The van der Waals surface area contributed by atoms with Gasteiger partial charge in [0.2, 0.25) is 0 Å². The van der Waals surface area contributed by atoms with Gasteiger partial charge in [-0.2, -0.15) is 0 Å². The Morgan fingerprint density at radius 3 is 2.47 bits per heavy atom. The first-order chi connectivity index (χ1) is 7.71. The minimum Gasteiger partial charge on any atom is -0.390 e. The molecule has 1 aliphatic rings. The van der Waals surface area contributed by atoms with Gasteiger partial charge in [-0.3, -0.25) is 0 Å². The smallest absolute Gasteiger partial charge is 0.175 e. The molecule has 0 unspecified atom stereocenters. The lowest BCUT2D eigenvalue weighted by molar-refractivity contribution is 0.149. The quantitative estimate of drug-likeness (QED) is 0.838. The Kier molecular flexibility index (Phi) is 2.78. The van der Waals surface area contributed by atoms with Crippen LogP contribution in [0.4, 0.5) is 4.39 Å². The van der Waals surface area contributed by atoms with Crippen molar-refractivity contribution >= 4 is 9.84 Å². The molecule has 0 aromatic heterocycles. The van der Waals surface area contributed by atoms with Crippen molar-refractivity contribution in [2.24, 2.45) is 0 Å². The summed E-state index contributed by atoms with van der Waals surface area (Å²) in [7, 11) is -3.36. The van der Waals surface area contributed by atoms with Crippen LogP contribution in [0.1, 0.15) is 24.0 Å². The van der Waals surface area contributed by atoms with E-state index in [1.165, 1.54) is 12.1 Å². The number of aliphatic hydroxyl groups is 1. The number of hydrogen-bond donors (Lipinski definition) is 1. The number of halogens is 1. The minimum atomic E-state index is -3.36. The first-order valence-corrected chi connectivity index (χ1v) is 7.32. The fraction of sp³-hybridized carbons (Fsp3) is 0.500. The van der Waals surface area contributed by atoms with Gasteiger partial charge in [0.25, 0.3) is 0 Å². The van der Waals surface area contributed by atoms with E-state index in [-0.39, 0.29) is 16.9 Å². The van der Waals surface area contributed by atoms with Crippen LogP contribution in [-0.4, -0.2) is 25.4 Å². The van der Waals surface area contributed by atoms with Gasteiger partial charge in [-0.05, 0) is 43.0 Å². The molecule has 0 radical (unpaired) electrons. The van der Waals surface area contributed by atoms with Crippen molar-refractivity contribution in [3.63, 3.8) is 0 Å². The number of aryl methyl sites for hydroxylation is 1. The molecule has 0 amide bonds. The maximum atomic E-state index is 13.7. The predicted molar refractivity (Wildman–Crippen MR) is 62.1 cm³/mol. The van der Waals surface area contributed by atoms with Crippen LogP contribution in [-0.2, 0) is 16.3 Å². The normalized spacial score (nSPS) is 18.1. The summed E-state index contributed by atoms with van der Waals surface area (Å²) in [6, 6.07) is 2.56. The molecule has 2 rings (SSSR count). The van der Waals surface area contributed by atoms with Gasteiger partial charge in [0, 0.05) is 12.7 Å². The van der Waals surface area contributed by atoms with Gasteiger partial charge in [-0.15, -0.1) is 0 Å². The highest BCUT2D eigenvalue weighted by molar-refractivity contribution is 7.90. The SMILES string of the molecule is Cc1cc(F)c(CC2(O)CC2)cc1S(C)(=O)=O. The summed E-state index contributed by atoms with van der Waals surface area (Å²) in [4.78, 5) is 0.137. The highest BCUT2D eigenvalue weighted by atomic mass is 32.2. The molecule has 0 saturated heterocycles. The molecule has 94 valence electrons. The Bertz CT molecular complexity index is 559. The summed E-state index contributed by atoms with van der Waals surface area (Å²) >= 11 is 0. The van der Waals surface area contributed by atoms with E-state index in [0.29, 0.717) is 18.4 Å². The van der Waals surface area contributed by atoms with Crippen molar-refractivity contribution in [2.75, 3.05) is 6.26 Å². The van der Waals surface area contributed by atoms with Crippen LogP contribution >= 0.6 is 0 Å². The van der Waals surface area contributed by atoms with Crippen molar-refractivity contribution < 1.29 is 17.9 Å². The molecule has 17 heavy (non-hydrogen) atoms. The molecule has 1 aromatic rings. The van der Waals surface area contributed by atoms with Crippen LogP contribution in [0, 0.1) is 12.7 Å². The summed E-state index contributed by atoms with van der Waals surface area (Å²) in [6.07, 6.45) is 2.58. The summed E-state index contributed by atoms with van der Waals surface area (Å²) in [5.41, 5.74) is -0.155. The zero-order chi connectivity index (χ0) is 12.8. The molecule has 0 bridgehead atoms. The Morgan fingerprint density at radius 2 is 2.00 bits per heavy atom. The molecule has 1 saturated carbocycles. The maximum Gasteiger partial charge on any atom is 0.175 e. The van der Waals surface area contributed by atoms with E-state index in [9.17, 15) is 17.9 Å². The summed E-state index contributed by atoms with van der Waals surface area (Å²) in [6.45, 7) is 1.56. The van der Waals surface area contributed by atoms with Crippen molar-refractivity contribution in [3.8, 4) is 0 Å². The van der Waals surface area contributed by atoms with E-state index in [1.54, 1.807) is 6.92 Å². The Balaban J connectivity index is 2.46. The van der Waals surface area contributed by atoms with Gasteiger partial charge in [0.05, 0.1) is 10.5 Å². The average molecular weight is 258 g/mol. The topological polar surface area (TPSA) is 54.4 Å². The van der Waals surface area contributed by atoms with Gasteiger partial charge < -0.3 is 5.11 Å². The zero-order valence-corrected chi connectivity index (χ0v) is 10.6. The first-order valence-electron chi connectivity index (χ1n) is 5.43. The fourth-order valence-corrected chi connectivity index (χ4v) is 2.91. The van der Waals surface area contributed by atoms with E-state index in [1.807, 2.05) is 0 Å². The van der Waals surface area contributed by atoms with Gasteiger partial charge in [0.15, 0.2) is 9.84 Å². The van der Waals surface area contributed by atoms with Crippen molar-refractivity contribution in [1.82, 2.24) is 0 Å². The molecule has 0 atom stereocenters. The van der Waals surface area contributed by atoms with E-state index in [0.717, 1.165) is 6.26 Å². The number of sulfone groups is 1. The number of benzene rings is 1. The Labute approximate surface area is 100 Å². The second-order valence-corrected chi connectivity index (χ2v) is 6.87. The summed E-state index contributed by atoms with van der Waals surface area (Å²) in [5, 5.41) is 9.75. The van der Waals surface area contributed by atoms with Crippen LogP contribution < -0.4 is 0 Å². The van der Waals surface area contributed by atoms with E-state index in [2.05, 4.69) is 0 Å². The molecule has 0 heterocycles. The van der Waals surface area contributed by atoms with Crippen LogP contribution in [0.25, 0.3) is 0 Å². The van der Waals surface area contributed by atoms with Crippen LogP contribution in [0.3, 0.4) is 0 Å².